The van der Waals surface area contributed by atoms with Crippen molar-refractivity contribution in [2.75, 3.05) is 20.2 Å². The van der Waals surface area contributed by atoms with Crippen molar-refractivity contribution in [1.29, 1.82) is 0 Å². The van der Waals surface area contributed by atoms with E-state index in [0.717, 1.165) is 25.5 Å². The van der Waals surface area contributed by atoms with Gasteiger partial charge in [-0.3, -0.25) is 4.90 Å². The lowest BCUT2D eigenvalue weighted by Crippen LogP contribution is -2.54. The van der Waals surface area contributed by atoms with E-state index in [9.17, 15) is 0 Å². The number of likely N-dealkylation sites (N-methyl/N-ethyl adjacent to an activating group) is 1. The van der Waals surface area contributed by atoms with E-state index in [1.54, 1.807) is 0 Å². The molecule has 4 atom stereocenters. The standard InChI is InChI=1S/C14H30N2O/c1-10(2)17-7-6-16(5)14-12(4)8-11(3)9-13(14)15/h10-14H,6-9,15H2,1-5H3. The first-order valence-electron chi connectivity index (χ1n) is 6.99. The van der Waals surface area contributed by atoms with Crippen LogP contribution in [0.2, 0.25) is 0 Å². The monoisotopic (exact) mass is 242 g/mol. The van der Waals surface area contributed by atoms with E-state index in [0.29, 0.717) is 24.1 Å². The SMILES string of the molecule is CC1CC(C)C(N(C)CCOC(C)C)C(N)C1. The average Bonchev–Trinajstić information content (AvgIpc) is 2.14. The number of nitrogens with two attached hydrogens (primary N) is 1. The Labute approximate surface area is 107 Å². The Morgan fingerprint density at radius 1 is 1.29 bits per heavy atom. The smallest absolute Gasteiger partial charge is 0.0596 e. The fourth-order valence-electron chi connectivity index (χ4n) is 3.24. The van der Waals surface area contributed by atoms with Crippen molar-refractivity contribution in [1.82, 2.24) is 4.90 Å². The van der Waals surface area contributed by atoms with Crippen LogP contribution in [0.25, 0.3) is 0 Å². The molecule has 1 aliphatic rings. The molecule has 0 aromatic carbocycles. The fourth-order valence-corrected chi connectivity index (χ4v) is 3.24. The van der Waals surface area contributed by atoms with Crippen LogP contribution in [-0.2, 0) is 4.74 Å². The van der Waals surface area contributed by atoms with Gasteiger partial charge in [-0.15, -0.1) is 0 Å². The normalized spacial score (nSPS) is 34.6. The maximum absolute atomic E-state index is 6.31. The first-order valence-corrected chi connectivity index (χ1v) is 6.99. The molecule has 1 aliphatic carbocycles. The second-order valence-corrected chi connectivity index (χ2v) is 6.11. The Bertz CT molecular complexity index is 208. The van der Waals surface area contributed by atoms with Crippen LogP contribution in [0.1, 0.15) is 40.5 Å². The summed E-state index contributed by atoms with van der Waals surface area (Å²) in [4.78, 5) is 2.39. The van der Waals surface area contributed by atoms with E-state index in [-0.39, 0.29) is 0 Å². The zero-order chi connectivity index (χ0) is 13.0. The minimum atomic E-state index is 0.317. The number of hydrogen-bond donors (Lipinski definition) is 1. The molecule has 17 heavy (non-hydrogen) atoms. The molecule has 0 aliphatic heterocycles. The molecular weight excluding hydrogens is 212 g/mol. The minimum Gasteiger partial charge on any atom is -0.377 e. The van der Waals surface area contributed by atoms with Crippen molar-refractivity contribution >= 4 is 0 Å². The van der Waals surface area contributed by atoms with Crippen molar-refractivity contribution in [2.24, 2.45) is 17.6 Å². The Hall–Kier alpha value is -0.120. The molecule has 0 aromatic heterocycles. The van der Waals surface area contributed by atoms with Gasteiger partial charge in [0.1, 0.15) is 0 Å². The molecule has 3 nitrogen and oxygen atoms in total. The Morgan fingerprint density at radius 3 is 2.47 bits per heavy atom. The predicted octanol–water partition coefficient (Wildman–Crippen LogP) is 2.11. The third kappa shape index (κ3) is 4.57. The van der Waals surface area contributed by atoms with Crippen molar-refractivity contribution in [3.63, 3.8) is 0 Å². The van der Waals surface area contributed by atoms with Gasteiger partial charge in [0.15, 0.2) is 0 Å². The van der Waals surface area contributed by atoms with Crippen molar-refractivity contribution in [3.8, 4) is 0 Å². The molecule has 2 N–H and O–H groups in total. The highest BCUT2D eigenvalue weighted by Gasteiger charge is 2.34. The molecule has 102 valence electrons. The van der Waals surface area contributed by atoms with E-state index in [2.05, 4.69) is 39.6 Å². The summed E-state index contributed by atoms with van der Waals surface area (Å²) in [7, 11) is 2.18. The number of ether oxygens (including phenoxy) is 1. The molecule has 0 spiro atoms. The van der Waals surface area contributed by atoms with Gasteiger partial charge in [0, 0.05) is 18.6 Å². The van der Waals surface area contributed by atoms with E-state index in [4.69, 9.17) is 10.5 Å². The second kappa shape index (κ2) is 6.72. The van der Waals surface area contributed by atoms with E-state index >= 15 is 0 Å². The van der Waals surface area contributed by atoms with Crippen LogP contribution in [0.15, 0.2) is 0 Å². The fraction of sp³-hybridized carbons (Fsp3) is 1.00. The summed E-state index contributed by atoms with van der Waals surface area (Å²) in [5, 5.41) is 0. The third-order valence-corrected chi connectivity index (χ3v) is 3.87. The molecule has 0 bridgehead atoms. The van der Waals surface area contributed by atoms with Gasteiger partial charge in [0.25, 0.3) is 0 Å². The lowest BCUT2D eigenvalue weighted by atomic mass is 9.76. The zero-order valence-corrected chi connectivity index (χ0v) is 12.1. The molecule has 0 aromatic rings. The molecule has 0 saturated heterocycles. The molecule has 1 fully saturated rings. The summed E-state index contributed by atoms with van der Waals surface area (Å²) >= 11 is 0. The second-order valence-electron chi connectivity index (χ2n) is 6.11. The van der Waals surface area contributed by atoms with E-state index in [1.807, 2.05) is 0 Å². The third-order valence-electron chi connectivity index (χ3n) is 3.87. The molecule has 0 heterocycles. The van der Waals surface area contributed by atoms with Gasteiger partial charge < -0.3 is 10.5 Å². The van der Waals surface area contributed by atoms with Gasteiger partial charge in [-0.25, -0.2) is 0 Å². The molecule has 1 saturated carbocycles. The first kappa shape index (κ1) is 14.9. The van der Waals surface area contributed by atoms with Crippen LogP contribution in [0, 0.1) is 11.8 Å². The van der Waals surface area contributed by atoms with Crippen LogP contribution in [0.3, 0.4) is 0 Å². The quantitative estimate of drug-likeness (QED) is 0.802. The number of hydrogen-bond acceptors (Lipinski definition) is 3. The molecular formula is C14H30N2O. The molecule has 0 amide bonds. The maximum atomic E-state index is 6.31. The predicted molar refractivity (Wildman–Crippen MR) is 73.0 cm³/mol. The first-order chi connectivity index (χ1) is 7.91. The molecule has 3 heteroatoms. The Morgan fingerprint density at radius 2 is 1.94 bits per heavy atom. The Balaban J connectivity index is 2.41. The van der Waals surface area contributed by atoms with Gasteiger partial charge in [0.2, 0.25) is 0 Å². The van der Waals surface area contributed by atoms with Crippen molar-refractivity contribution in [3.05, 3.63) is 0 Å². The van der Waals surface area contributed by atoms with E-state index < -0.39 is 0 Å². The lowest BCUT2D eigenvalue weighted by molar-refractivity contribution is 0.0333. The summed E-state index contributed by atoms with van der Waals surface area (Å²) in [6.07, 6.45) is 2.78. The lowest BCUT2D eigenvalue weighted by Gasteiger charge is -2.43. The van der Waals surface area contributed by atoms with Gasteiger partial charge in [0.05, 0.1) is 12.7 Å². The van der Waals surface area contributed by atoms with Crippen molar-refractivity contribution in [2.45, 2.75) is 58.7 Å². The average molecular weight is 242 g/mol. The topological polar surface area (TPSA) is 38.5 Å². The summed E-state index contributed by atoms with van der Waals surface area (Å²) in [6, 6.07) is 0.833. The number of rotatable bonds is 5. The van der Waals surface area contributed by atoms with Gasteiger partial charge in [-0.2, -0.15) is 0 Å². The largest absolute Gasteiger partial charge is 0.377 e. The van der Waals surface area contributed by atoms with Crippen molar-refractivity contribution < 1.29 is 4.74 Å². The summed E-state index contributed by atoms with van der Waals surface area (Å²) in [5.41, 5.74) is 6.31. The van der Waals surface area contributed by atoms with Crippen LogP contribution in [0.4, 0.5) is 0 Å². The molecule has 4 unspecified atom stereocenters. The van der Waals surface area contributed by atoms with E-state index in [1.165, 1.54) is 6.42 Å². The summed E-state index contributed by atoms with van der Waals surface area (Å²) in [5.74, 6) is 1.47. The highest BCUT2D eigenvalue weighted by molar-refractivity contribution is 4.91. The summed E-state index contributed by atoms with van der Waals surface area (Å²) < 4.78 is 5.61. The minimum absolute atomic E-state index is 0.317. The van der Waals surface area contributed by atoms with Gasteiger partial charge in [-0.05, 0) is 45.6 Å². The van der Waals surface area contributed by atoms with Crippen LogP contribution in [0.5, 0.6) is 0 Å². The van der Waals surface area contributed by atoms with Crippen LogP contribution in [-0.4, -0.2) is 43.3 Å². The maximum Gasteiger partial charge on any atom is 0.0596 e. The highest BCUT2D eigenvalue weighted by Crippen LogP contribution is 2.30. The molecule has 0 radical (unpaired) electrons. The summed E-state index contributed by atoms with van der Waals surface area (Å²) in [6.45, 7) is 10.6. The van der Waals surface area contributed by atoms with Crippen LogP contribution >= 0.6 is 0 Å². The number of nitrogens with zero attached hydrogens (tertiary/aromatic N) is 1. The zero-order valence-electron chi connectivity index (χ0n) is 12.1. The molecule has 1 rings (SSSR count). The highest BCUT2D eigenvalue weighted by atomic mass is 16.5. The Kier molecular flexibility index (Phi) is 5.90. The van der Waals surface area contributed by atoms with Crippen LogP contribution < -0.4 is 5.73 Å². The van der Waals surface area contributed by atoms with Gasteiger partial charge >= 0.3 is 0 Å². The van der Waals surface area contributed by atoms with Gasteiger partial charge in [-0.1, -0.05) is 13.8 Å².